The van der Waals surface area contributed by atoms with E-state index in [0.717, 1.165) is 32.1 Å². The van der Waals surface area contributed by atoms with Crippen molar-refractivity contribution in [1.82, 2.24) is 0 Å². The van der Waals surface area contributed by atoms with E-state index >= 15 is 0 Å². The van der Waals surface area contributed by atoms with Crippen LogP contribution in [-0.4, -0.2) is 40.1 Å². The molecule has 0 saturated heterocycles. The van der Waals surface area contributed by atoms with Crippen LogP contribution in [0.2, 0.25) is 36.3 Å². The number of hydrogen-bond acceptors (Lipinski definition) is 3. The molecule has 0 spiro atoms. The minimum atomic E-state index is -2.01. The van der Waals surface area contributed by atoms with Crippen molar-refractivity contribution >= 4 is 16.6 Å². The monoisotopic (exact) mass is 628 g/mol. The summed E-state index contributed by atoms with van der Waals surface area (Å²) in [5.41, 5.74) is 5.20. The molecule has 4 rings (SSSR count). The van der Waals surface area contributed by atoms with E-state index in [4.69, 9.17) is 8.85 Å². The van der Waals surface area contributed by atoms with Gasteiger partial charge in [0.25, 0.3) is 0 Å². The molecule has 0 aliphatic heterocycles. The van der Waals surface area contributed by atoms with Crippen molar-refractivity contribution in [2.24, 2.45) is 28.6 Å². The van der Waals surface area contributed by atoms with Gasteiger partial charge in [-0.25, -0.2) is 0 Å². The number of rotatable bonds is 9. The summed E-state index contributed by atoms with van der Waals surface area (Å²) in [6.07, 6.45) is 16.5. The maximum absolute atomic E-state index is 10.3. The summed E-state index contributed by atoms with van der Waals surface area (Å²) in [5, 5.41) is 10.6. The van der Waals surface area contributed by atoms with E-state index in [-0.39, 0.29) is 39.2 Å². The predicted octanol–water partition coefficient (Wildman–Crippen LogP) is 11.0. The maximum atomic E-state index is 10.3. The highest BCUT2D eigenvalue weighted by Crippen LogP contribution is 2.65. The van der Waals surface area contributed by atoms with Crippen LogP contribution in [-0.2, 0) is 8.85 Å². The third kappa shape index (κ3) is 6.42. The van der Waals surface area contributed by atoms with E-state index in [9.17, 15) is 5.11 Å². The van der Waals surface area contributed by atoms with E-state index in [1.807, 2.05) is 0 Å². The van der Waals surface area contributed by atoms with Gasteiger partial charge in [0, 0.05) is 5.41 Å². The Morgan fingerprint density at radius 3 is 2.12 bits per heavy atom. The van der Waals surface area contributed by atoms with Crippen LogP contribution in [0, 0.1) is 28.6 Å². The van der Waals surface area contributed by atoms with Crippen molar-refractivity contribution in [1.29, 1.82) is 0 Å². The van der Waals surface area contributed by atoms with Crippen molar-refractivity contribution in [3.63, 3.8) is 0 Å². The zero-order valence-corrected chi connectivity index (χ0v) is 32.6. The molecule has 2 fully saturated rings. The van der Waals surface area contributed by atoms with Gasteiger partial charge >= 0.3 is 0 Å². The fraction of sp³-hybridized carbons (Fsp3) is 0.842. The van der Waals surface area contributed by atoms with Gasteiger partial charge in [0.15, 0.2) is 16.6 Å². The number of aliphatic hydroxyl groups excluding tert-OH is 1. The van der Waals surface area contributed by atoms with Gasteiger partial charge in [0.1, 0.15) is 0 Å². The highest BCUT2D eigenvalue weighted by molar-refractivity contribution is 6.74. The van der Waals surface area contributed by atoms with Crippen molar-refractivity contribution in [3.8, 4) is 0 Å². The normalized spacial score (nSPS) is 34.8. The van der Waals surface area contributed by atoms with Gasteiger partial charge in [-0.05, 0) is 111 Å². The standard InChI is InChI=1S/C38H68O3Si2/c1-15-28(39)18-16-26(2)31-20-21-32-30-19-17-27-24-29(40-42(11,12)35(3,4)5)25-34(41-43(13,14)36(6,7)8)38(27,10)33(30)22-23-37(31,32)9/h17,19-20,26,28-29,32-34,39H,15-16,18,21-25H2,1-14H3/t26-,28?,29+,32-,33-,34-,37+,38-/m0/s1. The maximum Gasteiger partial charge on any atom is 0.192 e. The zero-order chi connectivity index (χ0) is 32.4. The summed E-state index contributed by atoms with van der Waals surface area (Å²) in [6.45, 7) is 33.6. The average Bonchev–Trinajstić information content (AvgIpc) is 3.23. The lowest BCUT2D eigenvalue weighted by Crippen LogP contribution is -2.58. The van der Waals surface area contributed by atoms with Crippen molar-refractivity contribution < 1.29 is 14.0 Å². The molecule has 0 bridgehead atoms. The van der Waals surface area contributed by atoms with E-state index in [0.29, 0.717) is 17.8 Å². The molecule has 3 nitrogen and oxygen atoms in total. The summed E-state index contributed by atoms with van der Waals surface area (Å²) in [4.78, 5) is 0. The molecule has 0 aromatic carbocycles. The van der Waals surface area contributed by atoms with E-state index in [2.05, 4.69) is 114 Å². The second kappa shape index (κ2) is 12.0. The van der Waals surface area contributed by atoms with Gasteiger partial charge < -0.3 is 14.0 Å². The fourth-order valence-corrected chi connectivity index (χ4v) is 11.3. The molecule has 43 heavy (non-hydrogen) atoms. The number of hydrogen-bond donors (Lipinski definition) is 1. The van der Waals surface area contributed by atoms with Crippen LogP contribution >= 0.6 is 0 Å². The Kier molecular flexibility index (Phi) is 9.84. The van der Waals surface area contributed by atoms with E-state index in [1.54, 1.807) is 16.7 Å². The molecule has 246 valence electrons. The van der Waals surface area contributed by atoms with Crippen LogP contribution in [0.15, 0.2) is 34.9 Å². The molecular weight excluding hydrogens is 561 g/mol. The van der Waals surface area contributed by atoms with Gasteiger partial charge in [-0.1, -0.05) is 104 Å². The van der Waals surface area contributed by atoms with Gasteiger partial charge in [-0.15, -0.1) is 0 Å². The van der Waals surface area contributed by atoms with Crippen LogP contribution in [0.1, 0.15) is 121 Å². The Bertz CT molecular complexity index is 1120. The molecule has 0 heterocycles. The Morgan fingerprint density at radius 1 is 0.930 bits per heavy atom. The minimum Gasteiger partial charge on any atom is -0.414 e. The van der Waals surface area contributed by atoms with Crippen LogP contribution in [0.25, 0.3) is 0 Å². The zero-order valence-electron chi connectivity index (χ0n) is 30.6. The van der Waals surface area contributed by atoms with Gasteiger partial charge in [-0.3, -0.25) is 0 Å². The van der Waals surface area contributed by atoms with Crippen molar-refractivity contribution in [2.75, 3.05) is 0 Å². The highest BCUT2D eigenvalue weighted by Gasteiger charge is 2.59. The third-order valence-electron chi connectivity index (χ3n) is 13.7. The van der Waals surface area contributed by atoms with E-state index in [1.165, 1.54) is 19.3 Å². The molecule has 4 aliphatic rings. The second-order valence-corrected chi connectivity index (χ2v) is 28.0. The molecule has 0 amide bonds. The van der Waals surface area contributed by atoms with Crippen molar-refractivity contribution in [2.45, 2.75) is 175 Å². The van der Waals surface area contributed by atoms with Gasteiger partial charge in [-0.2, -0.15) is 0 Å². The van der Waals surface area contributed by atoms with Crippen LogP contribution in [0.4, 0.5) is 0 Å². The van der Waals surface area contributed by atoms with Crippen LogP contribution in [0.5, 0.6) is 0 Å². The average molecular weight is 629 g/mol. The van der Waals surface area contributed by atoms with Crippen LogP contribution in [0.3, 0.4) is 0 Å². The first kappa shape index (κ1) is 35.4. The summed E-state index contributed by atoms with van der Waals surface area (Å²) in [7, 11) is -3.91. The first-order chi connectivity index (χ1) is 19.6. The lowest BCUT2D eigenvalue weighted by molar-refractivity contribution is -0.0389. The summed E-state index contributed by atoms with van der Waals surface area (Å²) < 4.78 is 14.7. The molecule has 8 atom stereocenters. The Balaban J connectivity index is 1.68. The number of aliphatic hydroxyl groups is 1. The molecule has 0 aromatic heterocycles. The summed E-state index contributed by atoms with van der Waals surface area (Å²) in [6, 6.07) is 0. The first-order valence-electron chi connectivity index (χ1n) is 17.7. The van der Waals surface area contributed by atoms with Gasteiger partial charge in [0.05, 0.1) is 18.3 Å². The van der Waals surface area contributed by atoms with Gasteiger partial charge in [0.2, 0.25) is 0 Å². The quantitative estimate of drug-likeness (QED) is 0.204. The lowest BCUT2D eigenvalue weighted by Gasteiger charge is -2.59. The third-order valence-corrected chi connectivity index (χ3v) is 22.7. The Morgan fingerprint density at radius 2 is 1.53 bits per heavy atom. The largest absolute Gasteiger partial charge is 0.414 e. The summed E-state index contributed by atoms with van der Waals surface area (Å²) >= 11 is 0. The summed E-state index contributed by atoms with van der Waals surface area (Å²) in [5.74, 6) is 1.67. The predicted molar refractivity (Wildman–Crippen MR) is 189 cm³/mol. The molecule has 0 radical (unpaired) electrons. The topological polar surface area (TPSA) is 38.7 Å². The molecule has 1 unspecified atom stereocenters. The molecule has 2 saturated carbocycles. The molecule has 1 N–H and O–H groups in total. The molecule has 0 aromatic rings. The first-order valence-corrected chi connectivity index (χ1v) is 23.6. The number of fused-ring (bicyclic) bond motifs is 5. The SMILES string of the molecule is CCC(O)CC[C@H](C)C1=CC[C@H]2C3=CC=C4C[C@@H](O[Si](C)(C)C(C)(C)C)C[C@H](O[Si](C)(C)C(C)(C)C)[C@]4(C)[C@H]3CC[C@]12C. The van der Waals surface area contributed by atoms with Crippen LogP contribution < -0.4 is 0 Å². The smallest absolute Gasteiger partial charge is 0.192 e. The highest BCUT2D eigenvalue weighted by atomic mass is 28.4. The minimum absolute atomic E-state index is 0.0217. The van der Waals surface area contributed by atoms with Crippen molar-refractivity contribution in [3.05, 3.63) is 34.9 Å². The number of allylic oxidation sites excluding steroid dienone is 5. The second-order valence-electron chi connectivity index (χ2n) is 18.4. The van der Waals surface area contributed by atoms with E-state index < -0.39 is 16.6 Å². The fourth-order valence-electron chi connectivity index (χ4n) is 8.58. The molecule has 5 heteroatoms. The lowest BCUT2D eigenvalue weighted by atomic mass is 9.49. The molecular formula is C38H68O3Si2. The Labute approximate surface area is 268 Å². The Hall–Kier alpha value is -0.466. The molecule has 4 aliphatic carbocycles.